The van der Waals surface area contributed by atoms with Gasteiger partial charge in [0, 0.05) is 12.8 Å². The lowest BCUT2D eigenvalue weighted by atomic mass is 9.76. The Hall–Kier alpha value is -2.22. The van der Waals surface area contributed by atoms with E-state index in [1.54, 1.807) is 13.8 Å². The number of ketones is 2. The highest BCUT2D eigenvalue weighted by atomic mass is 16.1. The molecule has 2 aromatic rings. The summed E-state index contributed by atoms with van der Waals surface area (Å²) in [4.78, 5) is 23.1. The second-order valence-corrected chi connectivity index (χ2v) is 6.52. The number of carbonyl (C=O) groups excluding carboxylic acids is 2. The molecule has 0 amide bonds. The highest BCUT2D eigenvalue weighted by Crippen LogP contribution is 2.39. The van der Waals surface area contributed by atoms with Crippen LogP contribution in [0, 0.1) is 0 Å². The van der Waals surface area contributed by atoms with Gasteiger partial charge in [-0.1, -0.05) is 60.7 Å². The van der Waals surface area contributed by atoms with E-state index in [-0.39, 0.29) is 23.4 Å². The first-order valence-corrected chi connectivity index (χ1v) is 8.66. The third kappa shape index (κ3) is 5.45. The van der Waals surface area contributed by atoms with Crippen LogP contribution in [-0.4, -0.2) is 11.6 Å². The molecule has 0 heterocycles. The third-order valence-corrected chi connectivity index (χ3v) is 4.56. The van der Waals surface area contributed by atoms with Gasteiger partial charge in [-0.2, -0.15) is 0 Å². The molecule has 2 unspecified atom stereocenters. The van der Waals surface area contributed by atoms with Crippen LogP contribution < -0.4 is 0 Å². The van der Waals surface area contributed by atoms with Gasteiger partial charge in [0.1, 0.15) is 11.6 Å². The summed E-state index contributed by atoms with van der Waals surface area (Å²) in [7, 11) is 0. The van der Waals surface area contributed by atoms with Crippen LogP contribution in [-0.2, 0) is 9.59 Å². The van der Waals surface area contributed by atoms with Crippen LogP contribution in [0.2, 0.25) is 0 Å². The number of carbonyl (C=O) groups is 2. The molecule has 2 rings (SSSR count). The summed E-state index contributed by atoms with van der Waals surface area (Å²) < 4.78 is 0. The lowest BCUT2D eigenvalue weighted by molar-refractivity contribution is -0.118. The normalized spacial score (nSPS) is 13.2. The highest BCUT2D eigenvalue weighted by molar-refractivity contribution is 5.76. The molecule has 126 valence electrons. The number of Topliss-reactive ketones (excluding diaryl/α,β-unsaturated/α-hetero) is 2. The Morgan fingerprint density at radius 2 is 1.00 bits per heavy atom. The molecule has 0 saturated heterocycles. The Kier molecular flexibility index (Phi) is 6.92. The molecule has 0 saturated carbocycles. The summed E-state index contributed by atoms with van der Waals surface area (Å²) >= 11 is 0. The Morgan fingerprint density at radius 1 is 0.667 bits per heavy atom. The minimum atomic E-state index is 0.217. The van der Waals surface area contributed by atoms with Crippen molar-refractivity contribution in [1.82, 2.24) is 0 Å². The zero-order chi connectivity index (χ0) is 17.4. The number of hydrogen-bond acceptors (Lipinski definition) is 2. The van der Waals surface area contributed by atoms with Gasteiger partial charge in [-0.05, 0) is 49.7 Å². The molecular weight excluding hydrogens is 296 g/mol. The van der Waals surface area contributed by atoms with Gasteiger partial charge in [0.25, 0.3) is 0 Å². The van der Waals surface area contributed by atoms with Crippen molar-refractivity contribution in [2.24, 2.45) is 0 Å². The van der Waals surface area contributed by atoms with E-state index in [4.69, 9.17) is 0 Å². The molecule has 0 aliphatic rings. The molecule has 2 atom stereocenters. The molecule has 0 aliphatic heterocycles. The maximum Gasteiger partial charge on any atom is 0.129 e. The first-order chi connectivity index (χ1) is 11.6. The van der Waals surface area contributed by atoms with E-state index in [0.717, 1.165) is 12.8 Å². The molecule has 0 aromatic heterocycles. The van der Waals surface area contributed by atoms with Crippen molar-refractivity contribution in [2.75, 3.05) is 0 Å². The smallest absolute Gasteiger partial charge is 0.129 e. The van der Waals surface area contributed by atoms with Gasteiger partial charge in [0.15, 0.2) is 0 Å². The topological polar surface area (TPSA) is 34.1 Å². The molecule has 0 fully saturated rings. The zero-order valence-corrected chi connectivity index (χ0v) is 14.6. The quantitative estimate of drug-likeness (QED) is 0.628. The van der Waals surface area contributed by atoms with Crippen molar-refractivity contribution in [3.63, 3.8) is 0 Å². The van der Waals surface area contributed by atoms with Crippen molar-refractivity contribution < 1.29 is 9.59 Å². The fourth-order valence-electron chi connectivity index (χ4n) is 3.32. The molecule has 24 heavy (non-hydrogen) atoms. The average Bonchev–Trinajstić information content (AvgIpc) is 2.59. The second kappa shape index (κ2) is 9.17. The monoisotopic (exact) mass is 322 g/mol. The van der Waals surface area contributed by atoms with Crippen LogP contribution >= 0.6 is 0 Å². The molecule has 0 aliphatic carbocycles. The van der Waals surface area contributed by atoms with Crippen molar-refractivity contribution in [1.29, 1.82) is 0 Å². The average molecular weight is 322 g/mol. The van der Waals surface area contributed by atoms with Crippen molar-refractivity contribution >= 4 is 11.6 Å². The van der Waals surface area contributed by atoms with Crippen LogP contribution in [0.3, 0.4) is 0 Å². The Bertz CT molecular complexity index is 587. The number of benzene rings is 2. The van der Waals surface area contributed by atoms with Crippen molar-refractivity contribution in [3.8, 4) is 0 Å². The molecule has 2 heteroatoms. The molecule has 2 aromatic carbocycles. The van der Waals surface area contributed by atoms with Crippen LogP contribution in [0.15, 0.2) is 60.7 Å². The summed E-state index contributed by atoms with van der Waals surface area (Å²) in [5, 5.41) is 0. The Labute approximate surface area is 144 Å². The van der Waals surface area contributed by atoms with Crippen LogP contribution in [0.1, 0.15) is 62.5 Å². The largest absolute Gasteiger partial charge is 0.300 e. The first kappa shape index (κ1) is 18.1. The third-order valence-electron chi connectivity index (χ3n) is 4.56. The van der Waals surface area contributed by atoms with E-state index in [1.165, 1.54) is 11.1 Å². The van der Waals surface area contributed by atoms with Gasteiger partial charge >= 0.3 is 0 Å². The van der Waals surface area contributed by atoms with E-state index in [2.05, 4.69) is 24.3 Å². The van der Waals surface area contributed by atoms with Crippen LogP contribution in [0.25, 0.3) is 0 Å². The second-order valence-electron chi connectivity index (χ2n) is 6.52. The fraction of sp³-hybridized carbons (Fsp3) is 0.364. The van der Waals surface area contributed by atoms with Gasteiger partial charge < -0.3 is 9.59 Å². The van der Waals surface area contributed by atoms with Gasteiger partial charge in [0.05, 0.1) is 0 Å². The predicted molar refractivity (Wildman–Crippen MR) is 98.2 cm³/mol. The lowest BCUT2D eigenvalue weighted by Crippen LogP contribution is -2.14. The fourth-order valence-corrected chi connectivity index (χ4v) is 3.32. The van der Waals surface area contributed by atoms with Gasteiger partial charge in [0.2, 0.25) is 0 Å². The van der Waals surface area contributed by atoms with E-state index in [1.807, 2.05) is 36.4 Å². The molecule has 2 nitrogen and oxygen atoms in total. The van der Waals surface area contributed by atoms with Gasteiger partial charge in [-0.25, -0.2) is 0 Å². The van der Waals surface area contributed by atoms with Crippen LogP contribution in [0.5, 0.6) is 0 Å². The highest BCUT2D eigenvalue weighted by Gasteiger charge is 2.25. The minimum absolute atomic E-state index is 0.217. The first-order valence-electron chi connectivity index (χ1n) is 8.66. The SMILES string of the molecule is CC(=O)CCC(c1ccccc1)C(CCC(C)=O)c1ccccc1. The summed E-state index contributed by atoms with van der Waals surface area (Å²) in [5.41, 5.74) is 2.49. The summed E-state index contributed by atoms with van der Waals surface area (Å²) in [5.74, 6) is 0.928. The summed E-state index contributed by atoms with van der Waals surface area (Å²) in [6, 6.07) is 20.7. The standard InChI is InChI=1S/C22H26O2/c1-17(23)13-15-21(19-9-5-3-6-10-19)22(16-14-18(2)24)20-11-7-4-8-12-20/h3-12,21-22H,13-16H2,1-2H3. The predicted octanol–water partition coefficient (Wildman–Crippen LogP) is 5.29. The van der Waals surface area contributed by atoms with Gasteiger partial charge in [-0.15, -0.1) is 0 Å². The molecule has 0 N–H and O–H groups in total. The van der Waals surface area contributed by atoms with E-state index in [0.29, 0.717) is 12.8 Å². The van der Waals surface area contributed by atoms with Crippen LogP contribution in [0.4, 0.5) is 0 Å². The maximum atomic E-state index is 11.6. The van der Waals surface area contributed by atoms with Crippen molar-refractivity contribution in [2.45, 2.75) is 51.4 Å². The van der Waals surface area contributed by atoms with E-state index in [9.17, 15) is 9.59 Å². The summed E-state index contributed by atoms with van der Waals surface area (Å²) in [6.07, 6.45) is 2.78. The van der Waals surface area contributed by atoms with Crippen molar-refractivity contribution in [3.05, 3.63) is 71.8 Å². The molecule has 0 radical (unpaired) electrons. The number of hydrogen-bond donors (Lipinski definition) is 0. The van der Waals surface area contributed by atoms with E-state index < -0.39 is 0 Å². The summed E-state index contributed by atoms with van der Waals surface area (Å²) in [6.45, 7) is 3.30. The molecule has 0 bridgehead atoms. The molecule has 0 spiro atoms. The van der Waals surface area contributed by atoms with Gasteiger partial charge in [-0.3, -0.25) is 0 Å². The number of rotatable bonds is 9. The Balaban J connectivity index is 2.35. The zero-order valence-electron chi connectivity index (χ0n) is 14.6. The Morgan fingerprint density at radius 3 is 1.29 bits per heavy atom. The molecular formula is C22H26O2. The van der Waals surface area contributed by atoms with E-state index >= 15 is 0 Å². The lowest BCUT2D eigenvalue weighted by Gasteiger charge is -2.28. The maximum absolute atomic E-state index is 11.6. The minimum Gasteiger partial charge on any atom is -0.300 e.